The fraction of sp³-hybridized carbons (Fsp3) is 0.455. The van der Waals surface area contributed by atoms with Crippen LogP contribution in [0.2, 0.25) is 0 Å². The van der Waals surface area contributed by atoms with Crippen LogP contribution in [0.15, 0.2) is 16.5 Å². The molecule has 19 heavy (non-hydrogen) atoms. The number of hydrogen-bond donors (Lipinski definition) is 3. The van der Waals surface area contributed by atoms with Crippen molar-refractivity contribution in [1.29, 1.82) is 0 Å². The van der Waals surface area contributed by atoms with Crippen molar-refractivity contribution in [3.8, 4) is 0 Å². The number of aliphatic hydroxyl groups is 2. The SMILES string of the molecule is Nc1nc(=O)n([C@@H]2O[C@H](CO)[C@H]2CO)cc1C=CCl. The second kappa shape index (κ2) is 5.70. The lowest BCUT2D eigenvalue weighted by Crippen LogP contribution is -2.52. The van der Waals surface area contributed by atoms with Crippen molar-refractivity contribution in [3.05, 3.63) is 27.8 Å². The van der Waals surface area contributed by atoms with Crippen molar-refractivity contribution in [3.63, 3.8) is 0 Å². The molecule has 7 nitrogen and oxygen atoms in total. The number of anilines is 1. The Labute approximate surface area is 113 Å². The smallest absolute Gasteiger partial charge is 0.351 e. The summed E-state index contributed by atoms with van der Waals surface area (Å²) in [5.41, 5.74) is 6.74. The zero-order valence-electron chi connectivity index (χ0n) is 9.94. The van der Waals surface area contributed by atoms with E-state index in [2.05, 4.69) is 4.98 Å². The molecule has 1 aromatic rings. The van der Waals surface area contributed by atoms with Crippen LogP contribution in [-0.4, -0.2) is 39.1 Å². The Morgan fingerprint density at radius 3 is 2.84 bits per heavy atom. The van der Waals surface area contributed by atoms with E-state index in [-0.39, 0.29) is 24.9 Å². The van der Waals surface area contributed by atoms with Crippen LogP contribution in [0.4, 0.5) is 5.82 Å². The van der Waals surface area contributed by atoms with Gasteiger partial charge in [0, 0.05) is 17.3 Å². The molecule has 0 saturated carbocycles. The molecule has 3 atom stereocenters. The molecule has 1 aliphatic rings. The lowest BCUT2D eigenvalue weighted by atomic mass is 9.95. The molecule has 4 N–H and O–H groups in total. The van der Waals surface area contributed by atoms with Crippen molar-refractivity contribution in [2.24, 2.45) is 5.92 Å². The van der Waals surface area contributed by atoms with Crippen LogP contribution in [0.1, 0.15) is 11.8 Å². The van der Waals surface area contributed by atoms with Crippen LogP contribution >= 0.6 is 11.6 Å². The Kier molecular flexibility index (Phi) is 4.20. The third-order valence-corrected chi connectivity index (χ3v) is 3.20. The number of halogens is 1. The summed E-state index contributed by atoms with van der Waals surface area (Å²) in [6, 6.07) is 0. The quantitative estimate of drug-likeness (QED) is 0.691. The number of nitrogens with two attached hydrogens (primary N) is 1. The first-order chi connectivity index (χ1) is 9.12. The van der Waals surface area contributed by atoms with Crippen molar-refractivity contribution in [2.45, 2.75) is 12.3 Å². The van der Waals surface area contributed by atoms with Crippen LogP contribution in [0, 0.1) is 5.92 Å². The molecule has 0 radical (unpaired) electrons. The maximum absolute atomic E-state index is 11.8. The minimum Gasteiger partial charge on any atom is -0.396 e. The summed E-state index contributed by atoms with van der Waals surface area (Å²) in [5.74, 6) is -0.294. The van der Waals surface area contributed by atoms with Crippen LogP contribution in [0.25, 0.3) is 6.08 Å². The minimum absolute atomic E-state index is 0.0664. The minimum atomic E-state index is -0.662. The number of nitrogen functional groups attached to an aromatic ring is 1. The summed E-state index contributed by atoms with van der Waals surface area (Å²) >= 11 is 5.47. The van der Waals surface area contributed by atoms with E-state index in [1.165, 1.54) is 22.4 Å². The van der Waals surface area contributed by atoms with E-state index in [9.17, 15) is 9.90 Å². The summed E-state index contributed by atoms with van der Waals surface area (Å²) in [5, 5.41) is 18.3. The molecule has 2 rings (SSSR count). The molecule has 0 amide bonds. The third kappa shape index (κ3) is 2.50. The average Bonchev–Trinajstić information content (AvgIpc) is 2.34. The van der Waals surface area contributed by atoms with E-state index in [1.807, 2.05) is 0 Å². The highest BCUT2D eigenvalue weighted by molar-refractivity contribution is 6.27. The summed E-state index contributed by atoms with van der Waals surface area (Å²) in [4.78, 5) is 15.4. The zero-order chi connectivity index (χ0) is 14.0. The van der Waals surface area contributed by atoms with Gasteiger partial charge in [-0.25, -0.2) is 4.79 Å². The van der Waals surface area contributed by atoms with Crippen molar-refractivity contribution >= 4 is 23.5 Å². The number of rotatable bonds is 4. The summed E-state index contributed by atoms with van der Waals surface area (Å²) in [6.07, 6.45) is 1.82. The number of hydrogen-bond acceptors (Lipinski definition) is 6. The van der Waals surface area contributed by atoms with Crippen molar-refractivity contribution < 1.29 is 14.9 Å². The van der Waals surface area contributed by atoms with Crippen LogP contribution < -0.4 is 11.4 Å². The molecule has 104 valence electrons. The molecule has 2 heterocycles. The van der Waals surface area contributed by atoms with Gasteiger partial charge in [-0.1, -0.05) is 11.6 Å². The van der Waals surface area contributed by atoms with Gasteiger partial charge in [-0.05, 0) is 6.08 Å². The van der Waals surface area contributed by atoms with E-state index in [0.717, 1.165) is 0 Å². The van der Waals surface area contributed by atoms with Crippen LogP contribution in [0.3, 0.4) is 0 Å². The van der Waals surface area contributed by atoms with Crippen molar-refractivity contribution in [2.75, 3.05) is 18.9 Å². The molecule has 1 aliphatic heterocycles. The fourth-order valence-electron chi connectivity index (χ4n) is 2.01. The van der Waals surface area contributed by atoms with Gasteiger partial charge in [0.15, 0.2) is 0 Å². The Morgan fingerprint density at radius 2 is 2.26 bits per heavy atom. The topological polar surface area (TPSA) is 111 Å². The molecule has 0 unspecified atom stereocenters. The Bertz CT molecular complexity index is 545. The summed E-state index contributed by atoms with van der Waals surface area (Å²) in [7, 11) is 0. The first-order valence-electron chi connectivity index (χ1n) is 5.65. The first kappa shape index (κ1) is 14.0. The number of ether oxygens (including phenoxy) is 1. The first-order valence-corrected chi connectivity index (χ1v) is 6.08. The molecular weight excluding hydrogens is 274 g/mol. The van der Waals surface area contributed by atoms with Gasteiger partial charge in [-0.3, -0.25) is 4.57 Å². The summed E-state index contributed by atoms with van der Waals surface area (Å²) in [6.45, 7) is -0.416. The molecule has 0 spiro atoms. The number of aliphatic hydroxyl groups excluding tert-OH is 2. The molecule has 0 aromatic carbocycles. The maximum atomic E-state index is 11.8. The van der Waals surface area contributed by atoms with Gasteiger partial charge >= 0.3 is 5.69 Å². The highest BCUT2D eigenvalue weighted by Gasteiger charge is 2.43. The van der Waals surface area contributed by atoms with Gasteiger partial charge in [0.2, 0.25) is 0 Å². The molecule has 0 bridgehead atoms. The fourth-order valence-corrected chi connectivity index (χ4v) is 2.14. The van der Waals surface area contributed by atoms with E-state index >= 15 is 0 Å². The third-order valence-electron chi connectivity index (χ3n) is 3.08. The second-order valence-corrected chi connectivity index (χ2v) is 4.41. The molecule has 1 saturated heterocycles. The van der Waals surface area contributed by atoms with Gasteiger partial charge in [-0.2, -0.15) is 4.98 Å². The number of aromatic nitrogens is 2. The van der Waals surface area contributed by atoms with Gasteiger partial charge < -0.3 is 20.7 Å². The lowest BCUT2D eigenvalue weighted by molar-refractivity contribution is -0.246. The summed E-state index contributed by atoms with van der Waals surface area (Å²) < 4.78 is 6.58. The molecule has 1 fully saturated rings. The molecule has 8 heteroatoms. The molecule has 0 aliphatic carbocycles. The normalized spacial score (nSPS) is 26.6. The highest BCUT2D eigenvalue weighted by Crippen LogP contribution is 2.35. The van der Waals surface area contributed by atoms with Gasteiger partial charge in [0.1, 0.15) is 12.0 Å². The lowest BCUT2D eigenvalue weighted by Gasteiger charge is -2.43. The Morgan fingerprint density at radius 1 is 1.53 bits per heavy atom. The monoisotopic (exact) mass is 287 g/mol. The largest absolute Gasteiger partial charge is 0.396 e. The van der Waals surface area contributed by atoms with E-state index in [4.69, 9.17) is 27.2 Å². The molecular formula is C11H14ClN3O4. The maximum Gasteiger partial charge on any atom is 0.351 e. The van der Waals surface area contributed by atoms with E-state index in [0.29, 0.717) is 5.56 Å². The van der Waals surface area contributed by atoms with Crippen LogP contribution in [0.5, 0.6) is 0 Å². The predicted octanol–water partition coefficient (Wildman–Crippen LogP) is -0.467. The Hall–Kier alpha value is -1.41. The highest BCUT2D eigenvalue weighted by atomic mass is 35.5. The van der Waals surface area contributed by atoms with Crippen LogP contribution in [-0.2, 0) is 4.74 Å². The zero-order valence-corrected chi connectivity index (χ0v) is 10.7. The van der Waals surface area contributed by atoms with E-state index < -0.39 is 18.0 Å². The second-order valence-electron chi connectivity index (χ2n) is 4.16. The van der Waals surface area contributed by atoms with Gasteiger partial charge in [-0.15, -0.1) is 0 Å². The van der Waals surface area contributed by atoms with Crippen molar-refractivity contribution in [1.82, 2.24) is 9.55 Å². The van der Waals surface area contributed by atoms with Gasteiger partial charge in [0.25, 0.3) is 0 Å². The van der Waals surface area contributed by atoms with Gasteiger partial charge in [0.05, 0.1) is 25.2 Å². The standard InChI is InChI=1S/C11H14ClN3O4/c12-2-1-6-3-15(11(18)14-9(6)13)10-7(4-16)8(5-17)19-10/h1-3,7-8,10,16-17H,4-5H2,(H2,13,14,18)/t7-,8-,10-/m1/s1. The molecule has 1 aromatic heterocycles. The average molecular weight is 288 g/mol. The Balaban J connectivity index is 2.35. The predicted molar refractivity (Wildman–Crippen MR) is 69.4 cm³/mol. The number of nitrogens with zero attached hydrogens (tertiary/aromatic N) is 2. The van der Waals surface area contributed by atoms with E-state index in [1.54, 1.807) is 0 Å².